The largest absolute Gasteiger partial charge is 0.582 e. The van der Waals surface area contributed by atoms with Crippen LogP contribution in [-0.4, -0.2) is 112 Å². The third-order valence-corrected chi connectivity index (χ3v) is 9.93. The second kappa shape index (κ2) is 13.7. The number of aliphatic hydroxyl groups is 1. The number of imidazole rings is 2. The minimum atomic E-state index is -4.33. The van der Waals surface area contributed by atoms with E-state index in [0.29, 0.717) is 17.2 Å². The van der Waals surface area contributed by atoms with Crippen LogP contribution in [0.2, 0.25) is 0 Å². The molecule has 10 atom stereocenters. The van der Waals surface area contributed by atoms with Crippen LogP contribution in [0.3, 0.4) is 0 Å². The molecule has 0 aromatic carbocycles. The van der Waals surface area contributed by atoms with Crippen molar-refractivity contribution in [3.8, 4) is 11.8 Å². The van der Waals surface area contributed by atoms with Gasteiger partial charge in [0.1, 0.15) is 43.2 Å². The van der Waals surface area contributed by atoms with E-state index in [1.807, 2.05) is 0 Å². The Labute approximate surface area is 280 Å². The summed E-state index contributed by atoms with van der Waals surface area (Å²) >= 11 is 8.91. The lowest BCUT2D eigenvalue weighted by Crippen LogP contribution is -2.34. The number of ether oxygens (including phenoxy) is 2. The summed E-state index contributed by atoms with van der Waals surface area (Å²) in [7, 11) is -2.62. The molecule has 0 aliphatic carbocycles. The van der Waals surface area contributed by atoms with Crippen LogP contribution in [0.4, 0.5) is 20.4 Å². The van der Waals surface area contributed by atoms with Crippen molar-refractivity contribution >= 4 is 72.0 Å². The van der Waals surface area contributed by atoms with Gasteiger partial charge in [-0.3, -0.25) is 13.7 Å². The molecule has 24 heteroatoms. The molecule has 0 saturated carbocycles. The number of aromatic nitrogens is 8. The molecule has 4 aromatic heterocycles. The van der Waals surface area contributed by atoms with Crippen molar-refractivity contribution in [1.82, 2.24) is 39.0 Å². The number of anilines is 2. The highest BCUT2D eigenvalue weighted by atomic mass is 32.7. The third-order valence-electron chi connectivity index (χ3n) is 7.66. The molecule has 3 aliphatic rings. The van der Waals surface area contributed by atoms with E-state index >= 15 is 8.78 Å². The number of rotatable bonds is 3. The Morgan fingerprint density at radius 1 is 1.00 bits per heavy atom. The molecular weight excluding hydrogens is 720 g/mol. The first-order valence-electron chi connectivity index (χ1n) is 14.1. The van der Waals surface area contributed by atoms with Crippen LogP contribution in [-0.2, 0) is 39.4 Å². The predicted octanol–water partition coefficient (Wildman–Crippen LogP) is 1.56. The third kappa shape index (κ3) is 6.36. The Bertz CT molecular complexity index is 1970. The number of hydrogen-bond donors (Lipinski definition) is 5. The van der Waals surface area contributed by atoms with Crippen LogP contribution in [0.1, 0.15) is 12.5 Å². The van der Waals surface area contributed by atoms with Gasteiger partial charge in [-0.05, 0) is 16.4 Å². The number of fused-ring (bicyclic) bond motifs is 6. The summed E-state index contributed by atoms with van der Waals surface area (Å²) in [6, 6.07) is 0. The maximum atomic E-state index is 16.0. The van der Waals surface area contributed by atoms with Crippen LogP contribution in [0.5, 0.6) is 0 Å². The zero-order chi connectivity index (χ0) is 33.6. The Morgan fingerprint density at radius 2 is 1.58 bits per heavy atom. The fourth-order valence-corrected chi connectivity index (χ4v) is 7.76. The summed E-state index contributed by atoms with van der Waals surface area (Å²) in [4.78, 5) is 36.5. The quantitative estimate of drug-likeness (QED) is 0.114. The van der Waals surface area contributed by atoms with Gasteiger partial charge < -0.3 is 34.6 Å². The van der Waals surface area contributed by atoms with Gasteiger partial charge in [0.25, 0.3) is 0 Å². The Morgan fingerprint density at radius 3 is 2.15 bits per heavy atom. The van der Waals surface area contributed by atoms with Crippen LogP contribution in [0.25, 0.3) is 22.3 Å². The molecule has 4 unspecified atom stereocenters. The van der Waals surface area contributed by atoms with E-state index in [2.05, 4.69) is 64.6 Å². The summed E-state index contributed by atoms with van der Waals surface area (Å²) in [5.74, 6) is 6.53. The van der Waals surface area contributed by atoms with Gasteiger partial charge in [-0.1, -0.05) is 11.8 Å². The lowest BCUT2D eigenvalue weighted by molar-refractivity contribution is -0.0506. The molecule has 12 bridgehead atoms. The van der Waals surface area contributed by atoms with E-state index in [-0.39, 0.29) is 29.9 Å². The topological polar surface area (TPSA) is 215 Å². The normalized spacial score (nSPS) is 32.8. The van der Waals surface area contributed by atoms with E-state index in [1.54, 1.807) is 0 Å². The summed E-state index contributed by atoms with van der Waals surface area (Å²) in [6.07, 6.45) is -7.39. The van der Waals surface area contributed by atoms with Gasteiger partial charge in [0.2, 0.25) is 0 Å². The van der Waals surface area contributed by atoms with Crippen LogP contribution in [0.15, 0.2) is 25.3 Å². The number of aliphatic hydroxyl groups excluding tert-OH is 1. The van der Waals surface area contributed by atoms with Gasteiger partial charge in [0.05, 0.1) is 39.0 Å². The van der Waals surface area contributed by atoms with Crippen molar-refractivity contribution in [2.45, 2.75) is 49.2 Å². The summed E-state index contributed by atoms with van der Waals surface area (Å²) < 4.78 is 74.3. The fourth-order valence-electron chi connectivity index (χ4n) is 5.54. The van der Waals surface area contributed by atoms with Crippen LogP contribution >= 0.6 is 26.2 Å². The van der Waals surface area contributed by atoms with Crippen molar-refractivity contribution < 1.29 is 46.4 Å². The molecule has 2 fully saturated rings. The van der Waals surface area contributed by atoms with E-state index in [1.165, 1.54) is 34.4 Å². The summed E-state index contributed by atoms with van der Waals surface area (Å²) in [5, 5.41) is 16.1. The Balaban J connectivity index is 1.24. The molecule has 4 N–H and O–H groups in total. The minimum Gasteiger partial charge on any atom is -0.394 e. The average molecular weight is 746 g/mol. The number of alkyl halides is 2. The molecule has 3 aliphatic heterocycles. The van der Waals surface area contributed by atoms with Crippen molar-refractivity contribution in [3.63, 3.8) is 0 Å². The molecule has 254 valence electrons. The van der Waals surface area contributed by atoms with Gasteiger partial charge in [0, 0.05) is 0 Å². The zero-order valence-electron chi connectivity index (χ0n) is 24.2. The number of nitrogens with zero attached hydrogens (tertiary/aromatic N) is 8. The van der Waals surface area contributed by atoms with E-state index < -0.39 is 76.4 Å². The van der Waals surface area contributed by atoms with Crippen molar-refractivity contribution in [2.75, 3.05) is 36.9 Å². The first-order valence-corrected chi connectivity index (χ1v) is 19.0. The molecule has 7 rings (SSSR count). The molecule has 0 amide bonds. The zero-order valence-corrected chi connectivity index (χ0v) is 27.7. The van der Waals surface area contributed by atoms with Gasteiger partial charge >= 0.3 is 13.9 Å². The molecule has 2 saturated heterocycles. The number of halogens is 2. The Hall–Kier alpha value is -3.06. The lowest BCUT2D eigenvalue weighted by atomic mass is 10.1. The van der Waals surface area contributed by atoms with Gasteiger partial charge in [-0.2, -0.15) is 0 Å². The van der Waals surface area contributed by atoms with Crippen molar-refractivity contribution in [2.24, 2.45) is 0 Å². The predicted molar refractivity (Wildman–Crippen MR) is 169 cm³/mol. The molecule has 4 aromatic rings. The molecule has 0 spiro atoms. The standard InChI is InChI=1S/C24H24F2N10O8P2S2/c25-13-17(43-45(38)47)12-6-40-46(39,48)44-18-11(5-37)41-24(14(18)26)36-10-34-16-20(30-8-32-22(16)36)28-4-2-1-3-27-19-15-21(31-7-29-19)35(9-33-15)23(13)42-12/h7-14,17-18,23-24,37H,3-6H2,(H3-,27,28,29,30,31,32,38,39,47,48)/p+1/t11-,12?,13-,14-,17-,18-,23-,24?,46?/m1/s1. The SMILES string of the molecule is O=[P+](S)O[C@@H]1C2COP(O)(=S)O[C@@H]3[C@@H](CO)OC([C@@H]3F)n3cnc4c(ncnc43)NCC#CCNc3ncnc4c3ncn4[C@H](O2)[C@@H]1F. The highest BCUT2D eigenvalue weighted by Gasteiger charge is 2.53. The van der Waals surface area contributed by atoms with Crippen molar-refractivity contribution in [3.05, 3.63) is 25.3 Å². The average Bonchev–Trinajstić information content (AvgIpc) is 3.82. The molecule has 48 heavy (non-hydrogen) atoms. The van der Waals surface area contributed by atoms with Gasteiger partial charge in [-0.25, -0.2) is 38.7 Å². The second-order valence-corrected chi connectivity index (χ2v) is 15.0. The highest BCUT2D eigenvalue weighted by Crippen LogP contribution is 2.51. The van der Waals surface area contributed by atoms with E-state index in [0.717, 1.165) is 0 Å². The maximum absolute atomic E-state index is 16.0. The monoisotopic (exact) mass is 745 g/mol. The number of nitrogens with one attached hydrogen (secondary N) is 2. The molecule has 7 heterocycles. The maximum Gasteiger partial charge on any atom is 0.582 e. The van der Waals surface area contributed by atoms with Crippen molar-refractivity contribution in [1.29, 1.82) is 0 Å². The summed E-state index contributed by atoms with van der Waals surface area (Å²) in [6.45, 7) is -5.35. The smallest absolute Gasteiger partial charge is 0.394 e. The fraction of sp³-hybridized carbons (Fsp3) is 0.500. The van der Waals surface area contributed by atoms with Crippen LogP contribution in [0, 0.1) is 11.8 Å². The van der Waals surface area contributed by atoms with Crippen LogP contribution < -0.4 is 10.6 Å². The van der Waals surface area contributed by atoms with Gasteiger partial charge in [0.15, 0.2) is 64.9 Å². The molecular formula is C24H25F2N10O8P2S2+. The minimum absolute atomic E-state index is 0.156. The lowest BCUT2D eigenvalue weighted by Gasteiger charge is -2.25. The van der Waals surface area contributed by atoms with E-state index in [9.17, 15) is 14.6 Å². The molecule has 18 nitrogen and oxygen atoms in total. The second-order valence-electron chi connectivity index (χ2n) is 10.5. The number of hydrogen-bond acceptors (Lipinski definition) is 16. The van der Waals surface area contributed by atoms with Gasteiger partial charge in [-0.15, -0.1) is 4.52 Å². The first kappa shape index (κ1) is 33.4. The molecule has 0 radical (unpaired) electrons. The first-order chi connectivity index (χ1) is 23.1. The summed E-state index contributed by atoms with van der Waals surface area (Å²) in [5.41, 5.74) is 0.982. The highest BCUT2D eigenvalue weighted by molar-refractivity contribution is 8.39. The Kier molecular flexibility index (Phi) is 9.53. The van der Waals surface area contributed by atoms with E-state index in [4.69, 9.17) is 34.9 Å². The number of thiol groups is 1.